The summed E-state index contributed by atoms with van der Waals surface area (Å²) >= 11 is 3.60. The number of carbonyl (C=O) groups excluding carboxylic acids is 1. The first-order valence-electron chi connectivity index (χ1n) is 6.40. The second kappa shape index (κ2) is 5.90. The van der Waals surface area contributed by atoms with Gasteiger partial charge in [0.2, 0.25) is 0 Å². The van der Waals surface area contributed by atoms with Crippen LogP contribution >= 0.6 is 15.9 Å². The lowest BCUT2D eigenvalue weighted by Gasteiger charge is -2.35. The number of phenols is 1. The van der Waals surface area contributed by atoms with Gasteiger partial charge in [-0.2, -0.15) is 0 Å². The first-order valence-corrected chi connectivity index (χ1v) is 7.32. The lowest BCUT2D eigenvalue weighted by Crippen LogP contribution is -2.44. The van der Waals surface area contributed by atoms with Crippen molar-refractivity contribution in [3.63, 3.8) is 0 Å². The highest BCUT2D eigenvalue weighted by Crippen LogP contribution is 2.29. The molecule has 104 valence electrons. The Balaban J connectivity index is 2.20. The predicted molar refractivity (Wildman–Crippen MR) is 75.1 cm³/mol. The molecule has 0 aliphatic heterocycles. The van der Waals surface area contributed by atoms with Crippen molar-refractivity contribution in [2.75, 3.05) is 7.05 Å². The number of rotatable bonds is 2. The quantitative estimate of drug-likeness (QED) is 0.845. The molecule has 5 heteroatoms. The van der Waals surface area contributed by atoms with Gasteiger partial charge in [-0.05, 0) is 31.0 Å². The number of hydrogen-bond acceptors (Lipinski definition) is 2. The van der Waals surface area contributed by atoms with Crippen LogP contribution in [0.25, 0.3) is 0 Å². The molecule has 1 aliphatic rings. The fourth-order valence-electron chi connectivity index (χ4n) is 2.52. The Hall–Kier alpha value is -1.10. The third-order valence-electron chi connectivity index (χ3n) is 3.65. The second-order valence-electron chi connectivity index (χ2n) is 4.95. The summed E-state index contributed by atoms with van der Waals surface area (Å²) in [5.74, 6) is -1.04. The Kier molecular flexibility index (Phi) is 4.45. The van der Waals surface area contributed by atoms with Gasteiger partial charge in [-0.15, -0.1) is 0 Å². The van der Waals surface area contributed by atoms with Crippen LogP contribution in [0.5, 0.6) is 5.75 Å². The predicted octanol–water partition coefficient (Wildman–Crippen LogP) is 3.31. The van der Waals surface area contributed by atoms with Gasteiger partial charge < -0.3 is 10.0 Å². The van der Waals surface area contributed by atoms with Crippen LogP contribution < -0.4 is 0 Å². The van der Waals surface area contributed by atoms with Crippen molar-refractivity contribution in [2.45, 2.75) is 36.6 Å². The first kappa shape index (κ1) is 14.3. The maximum Gasteiger partial charge on any atom is 0.257 e. The summed E-state index contributed by atoms with van der Waals surface area (Å²) in [7, 11) is 1.71. The minimum absolute atomic E-state index is 0.0211. The second-order valence-corrected chi connectivity index (χ2v) is 6.12. The number of aromatic hydroxyl groups is 1. The minimum Gasteiger partial charge on any atom is -0.507 e. The number of hydrogen-bond donors (Lipinski definition) is 1. The van der Waals surface area contributed by atoms with Crippen LogP contribution in [0.15, 0.2) is 18.2 Å². The number of halogens is 2. The summed E-state index contributed by atoms with van der Waals surface area (Å²) in [6.45, 7) is 0. The van der Waals surface area contributed by atoms with E-state index in [0.29, 0.717) is 0 Å². The Morgan fingerprint density at radius 3 is 2.79 bits per heavy atom. The van der Waals surface area contributed by atoms with Crippen LogP contribution in [-0.4, -0.2) is 33.8 Å². The highest BCUT2D eigenvalue weighted by molar-refractivity contribution is 9.09. The number of benzene rings is 1. The van der Waals surface area contributed by atoms with Gasteiger partial charge in [0.25, 0.3) is 5.91 Å². The molecule has 0 heterocycles. The van der Waals surface area contributed by atoms with E-state index in [1.54, 1.807) is 11.9 Å². The van der Waals surface area contributed by atoms with Crippen molar-refractivity contribution in [1.82, 2.24) is 4.90 Å². The number of alkyl halides is 1. The Bertz CT molecular complexity index is 481. The fraction of sp³-hybridized carbons (Fsp3) is 0.500. The SMILES string of the molecule is CN(C(=O)c1cc(F)ccc1O)C1CCCCC1Br. The van der Waals surface area contributed by atoms with Gasteiger partial charge >= 0.3 is 0 Å². The smallest absolute Gasteiger partial charge is 0.257 e. The molecule has 1 aliphatic carbocycles. The van der Waals surface area contributed by atoms with Crippen molar-refractivity contribution in [3.8, 4) is 5.75 Å². The molecule has 1 fully saturated rings. The van der Waals surface area contributed by atoms with Crippen LogP contribution in [0.4, 0.5) is 4.39 Å². The average molecular weight is 330 g/mol. The summed E-state index contributed by atoms with van der Waals surface area (Å²) in [5.41, 5.74) is 0.0211. The van der Waals surface area contributed by atoms with Crippen molar-refractivity contribution < 1.29 is 14.3 Å². The molecule has 0 aromatic heterocycles. The number of nitrogens with zero attached hydrogens (tertiary/aromatic N) is 1. The zero-order valence-corrected chi connectivity index (χ0v) is 12.4. The van der Waals surface area contributed by atoms with Crippen LogP contribution in [0.3, 0.4) is 0 Å². The van der Waals surface area contributed by atoms with Crippen LogP contribution in [0.2, 0.25) is 0 Å². The average Bonchev–Trinajstić information content (AvgIpc) is 2.40. The van der Waals surface area contributed by atoms with Gasteiger partial charge in [0.1, 0.15) is 11.6 Å². The summed E-state index contributed by atoms with van der Waals surface area (Å²) in [5, 5.41) is 9.69. The molecule has 1 saturated carbocycles. The first-order chi connectivity index (χ1) is 9.00. The molecule has 0 spiro atoms. The third kappa shape index (κ3) is 3.08. The fourth-order valence-corrected chi connectivity index (χ4v) is 3.47. The molecule has 3 nitrogen and oxygen atoms in total. The summed E-state index contributed by atoms with van der Waals surface area (Å²) < 4.78 is 13.2. The van der Waals surface area contributed by atoms with E-state index in [4.69, 9.17) is 0 Å². The van der Waals surface area contributed by atoms with Gasteiger partial charge in [0.05, 0.1) is 5.56 Å². The van der Waals surface area contributed by atoms with E-state index in [0.717, 1.165) is 37.8 Å². The number of carbonyl (C=O) groups is 1. The van der Waals surface area contributed by atoms with Crippen molar-refractivity contribution in [1.29, 1.82) is 0 Å². The minimum atomic E-state index is -0.520. The molecule has 0 radical (unpaired) electrons. The molecule has 1 amide bonds. The van der Waals surface area contributed by atoms with Crippen molar-refractivity contribution >= 4 is 21.8 Å². The zero-order chi connectivity index (χ0) is 14.0. The van der Waals surface area contributed by atoms with E-state index in [-0.39, 0.29) is 28.1 Å². The van der Waals surface area contributed by atoms with E-state index in [2.05, 4.69) is 15.9 Å². The van der Waals surface area contributed by atoms with Gasteiger partial charge in [0.15, 0.2) is 0 Å². The largest absolute Gasteiger partial charge is 0.507 e. The highest BCUT2D eigenvalue weighted by Gasteiger charge is 2.30. The van der Waals surface area contributed by atoms with E-state index in [1.807, 2.05) is 0 Å². The topological polar surface area (TPSA) is 40.5 Å². The van der Waals surface area contributed by atoms with Crippen LogP contribution in [-0.2, 0) is 0 Å². The monoisotopic (exact) mass is 329 g/mol. The maximum absolute atomic E-state index is 13.2. The Morgan fingerprint density at radius 1 is 1.42 bits per heavy atom. The molecular weight excluding hydrogens is 313 g/mol. The van der Waals surface area contributed by atoms with Crippen LogP contribution in [0.1, 0.15) is 36.0 Å². The van der Waals surface area contributed by atoms with Crippen LogP contribution in [0, 0.1) is 5.82 Å². The summed E-state index contributed by atoms with van der Waals surface area (Å²) in [4.78, 5) is 14.2. The van der Waals surface area contributed by atoms with E-state index < -0.39 is 5.82 Å². The number of phenolic OH excluding ortho intramolecular Hbond substituents is 1. The Morgan fingerprint density at radius 2 is 2.11 bits per heavy atom. The zero-order valence-electron chi connectivity index (χ0n) is 10.8. The van der Waals surface area contributed by atoms with Gasteiger partial charge in [-0.1, -0.05) is 28.8 Å². The van der Waals surface area contributed by atoms with Gasteiger partial charge in [-0.3, -0.25) is 4.79 Å². The number of amides is 1. The maximum atomic E-state index is 13.2. The van der Waals surface area contributed by atoms with E-state index >= 15 is 0 Å². The summed E-state index contributed by atoms with van der Waals surface area (Å²) in [6, 6.07) is 3.52. The van der Waals surface area contributed by atoms with E-state index in [9.17, 15) is 14.3 Å². The highest BCUT2D eigenvalue weighted by atomic mass is 79.9. The van der Waals surface area contributed by atoms with E-state index in [1.165, 1.54) is 6.07 Å². The third-order valence-corrected chi connectivity index (χ3v) is 4.72. The molecule has 1 aromatic rings. The molecule has 19 heavy (non-hydrogen) atoms. The van der Waals surface area contributed by atoms with Crippen molar-refractivity contribution in [2.24, 2.45) is 0 Å². The molecule has 2 atom stereocenters. The Labute approximate surface area is 120 Å². The lowest BCUT2D eigenvalue weighted by atomic mass is 9.94. The van der Waals surface area contributed by atoms with Gasteiger partial charge in [-0.25, -0.2) is 4.39 Å². The lowest BCUT2D eigenvalue weighted by molar-refractivity contribution is 0.0701. The normalized spacial score (nSPS) is 23.1. The molecule has 0 saturated heterocycles. The molecular formula is C14H17BrFNO2. The molecule has 2 unspecified atom stereocenters. The molecule has 2 rings (SSSR count). The van der Waals surface area contributed by atoms with Crippen molar-refractivity contribution in [3.05, 3.63) is 29.6 Å². The van der Waals surface area contributed by atoms with Gasteiger partial charge in [0, 0.05) is 17.9 Å². The summed E-state index contributed by atoms with van der Waals surface area (Å²) in [6.07, 6.45) is 4.19. The molecule has 1 aromatic carbocycles. The molecule has 0 bridgehead atoms. The standard InChI is InChI=1S/C14H17BrFNO2/c1-17(12-5-3-2-4-11(12)15)14(19)10-8-9(16)6-7-13(10)18/h6-8,11-12,18H,2-5H2,1H3. The molecule has 1 N–H and O–H groups in total.